The van der Waals surface area contributed by atoms with Gasteiger partial charge >= 0.3 is 0 Å². The van der Waals surface area contributed by atoms with Crippen LogP contribution in [0.25, 0.3) is 10.9 Å². The van der Waals surface area contributed by atoms with Crippen LogP contribution >= 0.6 is 0 Å². The molecule has 10 nitrogen and oxygen atoms in total. The Kier molecular flexibility index (Phi) is 8.88. The fraction of sp³-hybridized carbons (Fsp3) is 0.345. The van der Waals surface area contributed by atoms with Crippen LogP contribution in [0.4, 0.5) is 5.69 Å². The molecule has 0 radical (unpaired) electrons. The minimum absolute atomic E-state index is 0.0536. The van der Waals surface area contributed by atoms with Crippen LogP contribution in [0.1, 0.15) is 48.5 Å². The van der Waals surface area contributed by atoms with Gasteiger partial charge in [-0.05, 0) is 49.2 Å². The first kappa shape index (κ1) is 27.7. The van der Waals surface area contributed by atoms with Crippen molar-refractivity contribution in [3.63, 3.8) is 0 Å². The number of carbonyl (C=O) groups excluding carboxylic acids is 3. The lowest BCUT2D eigenvalue weighted by atomic mass is 10.1. The van der Waals surface area contributed by atoms with E-state index in [9.17, 15) is 14.4 Å². The van der Waals surface area contributed by atoms with Crippen LogP contribution in [0.15, 0.2) is 60.6 Å². The molecule has 1 aliphatic rings. The Balaban J connectivity index is 1.44. The van der Waals surface area contributed by atoms with Gasteiger partial charge in [-0.15, -0.1) is 0 Å². The molecule has 10 heteroatoms. The number of hydrazine groups is 1. The van der Waals surface area contributed by atoms with Crippen LogP contribution in [0.5, 0.6) is 5.75 Å². The summed E-state index contributed by atoms with van der Waals surface area (Å²) in [4.78, 5) is 37.9. The van der Waals surface area contributed by atoms with Gasteiger partial charge in [0.1, 0.15) is 24.7 Å². The number of ether oxygens (including phenoxy) is 1. The van der Waals surface area contributed by atoms with Crippen LogP contribution < -0.4 is 26.6 Å². The van der Waals surface area contributed by atoms with E-state index >= 15 is 0 Å². The zero-order valence-electron chi connectivity index (χ0n) is 22.4. The zero-order chi connectivity index (χ0) is 27.9. The maximum absolute atomic E-state index is 13.1. The third-order valence-electron chi connectivity index (χ3n) is 6.94. The van der Waals surface area contributed by atoms with Gasteiger partial charge in [0.05, 0.1) is 17.9 Å². The number of unbranched alkanes of at least 4 members (excludes halogenated alkanes) is 1. The second kappa shape index (κ2) is 12.5. The van der Waals surface area contributed by atoms with Gasteiger partial charge in [-0.1, -0.05) is 19.4 Å². The summed E-state index contributed by atoms with van der Waals surface area (Å²) in [6, 6.07) is 12.5. The molecule has 0 aliphatic carbocycles. The normalized spacial score (nSPS) is 13.9. The monoisotopic (exact) mass is 532 g/mol. The van der Waals surface area contributed by atoms with Crippen molar-refractivity contribution in [1.82, 2.24) is 14.8 Å². The molecule has 0 saturated carbocycles. The highest BCUT2D eigenvalue weighted by atomic mass is 16.5. The Morgan fingerprint density at radius 3 is 2.82 bits per heavy atom. The summed E-state index contributed by atoms with van der Waals surface area (Å²) in [5.41, 5.74) is 9.73. The fourth-order valence-corrected chi connectivity index (χ4v) is 4.86. The summed E-state index contributed by atoms with van der Waals surface area (Å²) in [5, 5.41) is 5.14. The maximum atomic E-state index is 13.1. The van der Waals surface area contributed by atoms with E-state index in [2.05, 4.69) is 35.1 Å². The molecule has 0 saturated heterocycles. The third-order valence-corrected chi connectivity index (χ3v) is 6.94. The second-order valence-corrected chi connectivity index (χ2v) is 9.60. The van der Waals surface area contributed by atoms with Gasteiger partial charge < -0.3 is 30.0 Å². The first-order valence-electron chi connectivity index (χ1n) is 13.2. The SMILES string of the molecule is CCCCn1ccc2cc(N(N)/C=C(\N)COc3cccc4c3CN(C(CCC=O)C(=O)NC)C4=O)ccc21. The van der Waals surface area contributed by atoms with E-state index in [0.29, 0.717) is 22.6 Å². The van der Waals surface area contributed by atoms with Gasteiger partial charge in [0.15, 0.2) is 0 Å². The third kappa shape index (κ3) is 6.06. The highest BCUT2D eigenvalue weighted by molar-refractivity contribution is 6.01. The number of hydrogen-bond acceptors (Lipinski definition) is 7. The number of fused-ring (bicyclic) bond motifs is 2. The Bertz CT molecular complexity index is 1380. The molecule has 5 N–H and O–H groups in total. The highest BCUT2D eigenvalue weighted by Crippen LogP contribution is 2.33. The number of aldehydes is 1. The molecule has 39 heavy (non-hydrogen) atoms. The molecular weight excluding hydrogens is 496 g/mol. The van der Waals surface area contributed by atoms with Gasteiger partial charge in [-0.2, -0.15) is 0 Å². The molecule has 0 bridgehead atoms. The maximum Gasteiger partial charge on any atom is 0.255 e. The van der Waals surface area contributed by atoms with Crippen LogP contribution in [0.3, 0.4) is 0 Å². The zero-order valence-corrected chi connectivity index (χ0v) is 22.4. The standard InChI is InChI=1S/C29H36N6O4/c1-3-4-13-33-14-12-20-16-22(10-11-25(20)33)35(31)17-21(30)19-39-27-9-5-7-23-24(27)18-34(29(23)38)26(8-6-15-36)28(37)32-2/h5,7,9-12,14-17,26H,3-4,6,8,13,18-19,30-31H2,1-2H3,(H,32,37)/b21-17-. The van der Waals surface area contributed by atoms with Crippen molar-refractivity contribution < 1.29 is 19.1 Å². The molecule has 2 heterocycles. The predicted octanol–water partition coefficient (Wildman–Crippen LogP) is 3.05. The molecule has 1 aromatic heterocycles. The number of anilines is 1. The number of nitrogens with one attached hydrogen (secondary N) is 1. The number of hydrogen-bond donors (Lipinski definition) is 3. The Morgan fingerprint density at radius 1 is 1.26 bits per heavy atom. The summed E-state index contributed by atoms with van der Waals surface area (Å²) in [6.07, 6.45) is 7.13. The van der Waals surface area contributed by atoms with E-state index in [4.69, 9.17) is 16.3 Å². The van der Waals surface area contributed by atoms with Crippen LogP contribution in [-0.2, 0) is 22.7 Å². The van der Waals surface area contributed by atoms with Crippen molar-refractivity contribution in [3.8, 4) is 5.75 Å². The fourth-order valence-electron chi connectivity index (χ4n) is 4.86. The lowest BCUT2D eigenvalue weighted by Crippen LogP contribution is -2.46. The smallest absolute Gasteiger partial charge is 0.255 e. The second-order valence-electron chi connectivity index (χ2n) is 9.60. The van der Waals surface area contributed by atoms with E-state index < -0.39 is 6.04 Å². The molecule has 2 aromatic carbocycles. The predicted molar refractivity (Wildman–Crippen MR) is 151 cm³/mol. The van der Waals surface area contributed by atoms with Crippen LogP contribution in [0.2, 0.25) is 0 Å². The van der Waals surface area contributed by atoms with Crippen molar-refractivity contribution >= 4 is 34.7 Å². The van der Waals surface area contributed by atoms with E-state index in [1.807, 2.05) is 12.1 Å². The first-order chi connectivity index (χ1) is 18.9. The topological polar surface area (TPSA) is 136 Å². The molecule has 2 amide bonds. The Labute approximate surface area is 228 Å². The van der Waals surface area contributed by atoms with E-state index in [1.165, 1.54) is 17.0 Å². The largest absolute Gasteiger partial charge is 0.487 e. The lowest BCUT2D eigenvalue weighted by Gasteiger charge is -2.25. The summed E-state index contributed by atoms with van der Waals surface area (Å²) in [7, 11) is 1.51. The van der Waals surface area contributed by atoms with Crippen molar-refractivity contribution in [2.24, 2.45) is 11.6 Å². The van der Waals surface area contributed by atoms with Crippen LogP contribution in [-0.4, -0.2) is 47.3 Å². The van der Waals surface area contributed by atoms with Crippen molar-refractivity contribution in [2.75, 3.05) is 18.7 Å². The quantitative estimate of drug-likeness (QED) is 0.175. The number of nitrogens with two attached hydrogens (primary N) is 2. The Hall–Kier alpha value is -4.31. The first-order valence-corrected chi connectivity index (χ1v) is 13.2. The number of aromatic nitrogens is 1. The molecule has 4 rings (SSSR count). The van der Waals surface area contributed by atoms with Crippen molar-refractivity contribution in [1.29, 1.82) is 0 Å². The van der Waals surface area contributed by atoms with E-state index in [1.54, 1.807) is 24.4 Å². The summed E-state index contributed by atoms with van der Waals surface area (Å²) in [5.74, 6) is 6.20. The molecule has 0 fully saturated rings. The van der Waals surface area contributed by atoms with Gasteiger partial charge in [0.25, 0.3) is 5.91 Å². The molecule has 1 unspecified atom stereocenters. The molecular formula is C29H36N6O4. The number of benzene rings is 2. The number of likely N-dealkylation sites (N-methyl/N-ethyl adjacent to an activating group) is 1. The lowest BCUT2D eigenvalue weighted by molar-refractivity contribution is -0.125. The molecule has 0 spiro atoms. The molecule has 3 aromatic rings. The van der Waals surface area contributed by atoms with E-state index in [-0.39, 0.29) is 37.8 Å². The van der Waals surface area contributed by atoms with Gasteiger partial charge in [0.2, 0.25) is 5.91 Å². The molecule has 206 valence electrons. The number of nitrogens with zero attached hydrogens (tertiary/aromatic N) is 3. The number of amides is 2. The van der Waals surface area contributed by atoms with Crippen molar-refractivity contribution in [2.45, 2.75) is 51.7 Å². The van der Waals surface area contributed by atoms with Crippen LogP contribution in [0, 0.1) is 0 Å². The molecule has 1 atom stereocenters. The van der Waals surface area contributed by atoms with Gasteiger partial charge in [0, 0.05) is 54.4 Å². The minimum atomic E-state index is -0.746. The van der Waals surface area contributed by atoms with Gasteiger partial charge in [-0.3, -0.25) is 14.6 Å². The number of aryl methyl sites for hydroxylation is 1. The summed E-state index contributed by atoms with van der Waals surface area (Å²) < 4.78 is 8.23. The average Bonchev–Trinajstić information content (AvgIpc) is 3.51. The minimum Gasteiger partial charge on any atom is -0.487 e. The van der Waals surface area contributed by atoms with Crippen molar-refractivity contribution in [3.05, 3.63) is 71.7 Å². The number of carbonyl (C=O) groups is 3. The Morgan fingerprint density at radius 2 is 2.08 bits per heavy atom. The highest BCUT2D eigenvalue weighted by Gasteiger charge is 2.37. The summed E-state index contributed by atoms with van der Waals surface area (Å²) in [6.45, 7) is 3.41. The summed E-state index contributed by atoms with van der Waals surface area (Å²) >= 11 is 0. The number of rotatable bonds is 13. The molecule has 1 aliphatic heterocycles. The van der Waals surface area contributed by atoms with E-state index in [0.717, 1.165) is 42.3 Å². The van der Waals surface area contributed by atoms with Gasteiger partial charge in [-0.25, -0.2) is 5.84 Å². The average molecular weight is 533 g/mol.